The second kappa shape index (κ2) is 6.26. The number of hydrogen-bond donors (Lipinski definition) is 2. The molecule has 0 saturated carbocycles. The van der Waals surface area contributed by atoms with Gasteiger partial charge in [-0.05, 0) is 24.1 Å². The van der Waals surface area contributed by atoms with Crippen LogP contribution in [0.25, 0.3) is 0 Å². The molecule has 1 unspecified atom stereocenters. The van der Waals surface area contributed by atoms with Gasteiger partial charge in [-0.25, -0.2) is 0 Å². The van der Waals surface area contributed by atoms with Crippen molar-refractivity contribution in [1.82, 2.24) is 0 Å². The fourth-order valence-corrected chi connectivity index (χ4v) is 1.78. The Balaban J connectivity index is 2.66. The lowest BCUT2D eigenvalue weighted by atomic mass is 10.1. The van der Waals surface area contributed by atoms with Crippen molar-refractivity contribution < 1.29 is 9.90 Å². The van der Waals surface area contributed by atoms with Crippen molar-refractivity contribution in [3.63, 3.8) is 0 Å². The molecule has 17 heavy (non-hydrogen) atoms. The van der Waals surface area contributed by atoms with Gasteiger partial charge in [-0.2, -0.15) is 5.26 Å². The second-order valence-corrected chi connectivity index (χ2v) is 4.80. The summed E-state index contributed by atoms with van der Waals surface area (Å²) in [7, 11) is 0. The molecule has 0 aromatic heterocycles. The molecule has 0 amide bonds. The Bertz CT molecular complexity index is 454. The number of carboxylic acids is 1. The zero-order chi connectivity index (χ0) is 12.8. The first-order valence-corrected chi connectivity index (χ1v) is 5.97. The van der Waals surface area contributed by atoms with Gasteiger partial charge >= 0.3 is 5.97 Å². The van der Waals surface area contributed by atoms with Gasteiger partial charge in [0.25, 0.3) is 0 Å². The number of nitrogens with zero attached hydrogens (tertiary/aromatic N) is 1. The van der Waals surface area contributed by atoms with E-state index in [9.17, 15) is 4.79 Å². The van der Waals surface area contributed by atoms with Gasteiger partial charge < -0.3 is 10.4 Å². The third-order valence-electron chi connectivity index (χ3n) is 2.27. The molecule has 1 aromatic rings. The number of anilines is 1. The first kappa shape index (κ1) is 13.5. The Hall–Kier alpha value is -1.54. The van der Waals surface area contributed by atoms with E-state index in [-0.39, 0.29) is 12.3 Å². The maximum Gasteiger partial charge on any atom is 0.303 e. The van der Waals surface area contributed by atoms with Crippen LogP contribution < -0.4 is 5.32 Å². The number of rotatable bonds is 5. The van der Waals surface area contributed by atoms with Crippen molar-refractivity contribution in [2.75, 3.05) is 11.9 Å². The minimum Gasteiger partial charge on any atom is -0.481 e. The fourth-order valence-electron chi connectivity index (χ4n) is 1.41. The molecule has 0 spiro atoms. The topological polar surface area (TPSA) is 73.1 Å². The van der Waals surface area contributed by atoms with Crippen molar-refractivity contribution in [2.45, 2.75) is 13.3 Å². The predicted molar refractivity (Wildman–Crippen MR) is 68.8 cm³/mol. The van der Waals surface area contributed by atoms with Gasteiger partial charge in [-0.15, -0.1) is 0 Å². The van der Waals surface area contributed by atoms with Crippen LogP contribution >= 0.6 is 15.9 Å². The van der Waals surface area contributed by atoms with Crippen LogP contribution in [-0.2, 0) is 4.79 Å². The standard InChI is InChI=1S/C12H13BrN2O2/c1-8(4-12(16)17)7-15-11-5-10(13)3-2-9(11)6-14/h2-3,5,8,15H,4,7H2,1H3,(H,16,17). The number of nitriles is 1. The number of carboxylic acid groups (broad SMARTS) is 1. The van der Waals surface area contributed by atoms with Crippen LogP contribution in [0.5, 0.6) is 0 Å². The third-order valence-corrected chi connectivity index (χ3v) is 2.76. The Morgan fingerprint density at radius 3 is 2.94 bits per heavy atom. The summed E-state index contributed by atoms with van der Waals surface area (Å²) in [5, 5.41) is 20.7. The summed E-state index contributed by atoms with van der Waals surface area (Å²) in [6.07, 6.45) is 0.114. The van der Waals surface area contributed by atoms with Gasteiger partial charge in [0.15, 0.2) is 0 Å². The molecule has 1 rings (SSSR count). The van der Waals surface area contributed by atoms with Crippen molar-refractivity contribution >= 4 is 27.6 Å². The van der Waals surface area contributed by atoms with Crippen LogP contribution in [-0.4, -0.2) is 17.6 Å². The average Bonchev–Trinajstić information content (AvgIpc) is 2.25. The van der Waals surface area contributed by atoms with E-state index in [1.807, 2.05) is 13.0 Å². The van der Waals surface area contributed by atoms with E-state index in [0.29, 0.717) is 12.1 Å². The Morgan fingerprint density at radius 2 is 2.35 bits per heavy atom. The molecule has 0 aliphatic heterocycles. The van der Waals surface area contributed by atoms with Crippen LogP contribution in [0.4, 0.5) is 5.69 Å². The predicted octanol–water partition coefficient (Wildman–Crippen LogP) is 2.84. The largest absolute Gasteiger partial charge is 0.481 e. The molecule has 0 aliphatic rings. The van der Waals surface area contributed by atoms with E-state index in [1.165, 1.54) is 0 Å². The maximum atomic E-state index is 10.5. The zero-order valence-electron chi connectivity index (χ0n) is 9.40. The van der Waals surface area contributed by atoms with Crippen molar-refractivity contribution in [3.05, 3.63) is 28.2 Å². The smallest absolute Gasteiger partial charge is 0.303 e. The molecule has 0 fully saturated rings. The number of nitrogens with one attached hydrogen (secondary N) is 1. The molecule has 0 heterocycles. The number of benzene rings is 1. The van der Waals surface area contributed by atoms with E-state index >= 15 is 0 Å². The molecule has 2 N–H and O–H groups in total. The number of hydrogen-bond acceptors (Lipinski definition) is 3. The highest BCUT2D eigenvalue weighted by molar-refractivity contribution is 9.10. The second-order valence-electron chi connectivity index (χ2n) is 3.89. The molecular formula is C12H13BrN2O2. The normalized spacial score (nSPS) is 11.6. The summed E-state index contributed by atoms with van der Waals surface area (Å²) in [5.74, 6) is -0.799. The minimum absolute atomic E-state index is 0.0121. The van der Waals surface area contributed by atoms with E-state index in [1.54, 1.807) is 12.1 Å². The summed E-state index contributed by atoms with van der Waals surface area (Å²) in [6.45, 7) is 2.38. The molecule has 90 valence electrons. The lowest BCUT2D eigenvalue weighted by molar-refractivity contribution is -0.137. The van der Waals surface area contributed by atoms with Gasteiger partial charge in [-0.1, -0.05) is 22.9 Å². The highest BCUT2D eigenvalue weighted by Crippen LogP contribution is 2.21. The van der Waals surface area contributed by atoms with Gasteiger partial charge in [0.2, 0.25) is 0 Å². The van der Waals surface area contributed by atoms with Crippen molar-refractivity contribution in [2.24, 2.45) is 5.92 Å². The molecule has 0 aliphatic carbocycles. The molecule has 1 atom stereocenters. The summed E-state index contributed by atoms with van der Waals surface area (Å²) in [4.78, 5) is 10.5. The highest BCUT2D eigenvalue weighted by atomic mass is 79.9. The molecular weight excluding hydrogens is 284 g/mol. The summed E-state index contributed by atoms with van der Waals surface area (Å²) in [6, 6.07) is 7.41. The van der Waals surface area contributed by atoms with E-state index in [0.717, 1.165) is 10.2 Å². The SMILES string of the molecule is CC(CNc1cc(Br)ccc1C#N)CC(=O)O. The first-order chi connectivity index (χ1) is 8.02. The van der Waals surface area contributed by atoms with Crippen molar-refractivity contribution in [1.29, 1.82) is 5.26 Å². The fraction of sp³-hybridized carbons (Fsp3) is 0.333. The van der Waals surface area contributed by atoms with Crippen LogP contribution in [0, 0.1) is 17.2 Å². The van der Waals surface area contributed by atoms with Crippen LogP contribution in [0.3, 0.4) is 0 Å². The van der Waals surface area contributed by atoms with E-state index < -0.39 is 5.97 Å². The lowest BCUT2D eigenvalue weighted by Crippen LogP contribution is -2.15. The lowest BCUT2D eigenvalue weighted by Gasteiger charge is -2.12. The van der Waals surface area contributed by atoms with Gasteiger partial charge in [0.05, 0.1) is 11.3 Å². The quantitative estimate of drug-likeness (QED) is 0.876. The number of aliphatic carboxylic acids is 1. The Morgan fingerprint density at radius 1 is 1.65 bits per heavy atom. The molecule has 5 heteroatoms. The van der Waals surface area contributed by atoms with E-state index in [2.05, 4.69) is 27.3 Å². The molecule has 1 aromatic carbocycles. The highest BCUT2D eigenvalue weighted by Gasteiger charge is 2.09. The van der Waals surface area contributed by atoms with E-state index in [4.69, 9.17) is 10.4 Å². The van der Waals surface area contributed by atoms with Gasteiger partial charge in [0, 0.05) is 17.4 Å². The Kier molecular flexibility index (Phi) is 4.98. The monoisotopic (exact) mass is 296 g/mol. The van der Waals surface area contributed by atoms with Crippen LogP contribution in [0.2, 0.25) is 0 Å². The van der Waals surface area contributed by atoms with Crippen molar-refractivity contribution in [3.8, 4) is 6.07 Å². The van der Waals surface area contributed by atoms with Crippen LogP contribution in [0.15, 0.2) is 22.7 Å². The number of halogens is 1. The maximum absolute atomic E-state index is 10.5. The summed E-state index contributed by atoms with van der Waals surface area (Å²) < 4.78 is 0.880. The summed E-state index contributed by atoms with van der Waals surface area (Å²) in [5.41, 5.74) is 1.27. The molecule has 0 saturated heterocycles. The number of carbonyl (C=O) groups is 1. The third kappa shape index (κ3) is 4.45. The molecule has 4 nitrogen and oxygen atoms in total. The van der Waals surface area contributed by atoms with Gasteiger partial charge in [-0.3, -0.25) is 4.79 Å². The average molecular weight is 297 g/mol. The van der Waals surface area contributed by atoms with Crippen LogP contribution in [0.1, 0.15) is 18.9 Å². The Labute approximate surface area is 108 Å². The first-order valence-electron chi connectivity index (χ1n) is 5.18. The molecule has 0 bridgehead atoms. The minimum atomic E-state index is -0.811. The summed E-state index contributed by atoms with van der Waals surface area (Å²) >= 11 is 3.33. The zero-order valence-corrected chi connectivity index (χ0v) is 11.0. The van der Waals surface area contributed by atoms with Gasteiger partial charge in [0.1, 0.15) is 6.07 Å². The molecule has 0 radical (unpaired) electrons.